The van der Waals surface area contributed by atoms with Crippen LogP contribution in [0.4, 0.5) is 8.78 Å². The zero-order valence-corrected chi connectivity index (χ0v) is 10.8. The fraction of sp³-hybridized carbons (Fsp3) is 0.286. The summed E-state index contributed by atoms with van der Waals surface area (Å²) in [5.74, 6) is -1.42. The normalized spacial score (nSPS) is 10.7. The Kier molecular flexibility index (Phi) is 3.74. The first-order valence-electron chi connectivity index (χ1n) is 5.94. The van der Waals surface area contributed by atoms with E-state index in [1.807, 2.05) is 0 Å². The summed E-state index contributed by atoms with van der Waals surface area (Å²) < 4.78 is 29.1. The van der Waals surface area contributed by atoms with Crippen molar-refractivity contribution in [2.24, 2.45) is 7.05 Å². The van der Waals surface area contributed by atoms with Crippen molar-refractivity contribution in [2.75, 3.05) is 0 Å². The van der Waals surface area contributed by atoms with Crippen LogP contribution >= 0.6 is 0 Å². The first-order valence-corrected chi connectivity index (χ1v) is 5.94. The van der Waals surface area contributed by atoms with Crippen molar-refractivity contribution in [1.29, 1.82) is 0 Å². The molecule has 0 aliphatic heterocycles. The van der Waals surface area contributed by atoms with Gasteiger partial charge in [0.25, 0.3) is 0 Å². The van der Waals surface area contributed by atoms with Gasteiger partial charge in [-0.25, -0.2) is 13.8 Å². The van der Waals surface area contributed by atoms with Gasteiger partial charge in [0.1, 0.15) is 17.5 Å². The van der Waals surface area contributed by atoms with Gasteiger partial charge >= 0.3 is 0 Å². The van der Waals surface area contributed by atoms with E-state index in [0.717, 1.165) is 6.07 Å². The molecule has 1 heterocycles. The maximum atomic E-state index is 13.8. The molecule has 5 heteroatoms. The third kappa shape index (κ3) is 2.70. The summed E-state index contributed by atoms with van der Waals surface area (Å²) in [5, 5.41) is 0. The van der Waals surface area contributed by atoms with Crippen LogP contribution in [0.3, 0.4) is 0 Å². The number of nitrogens with zero attached hydrogens (tertiary/aromatic N) is 2. The minimum absolute atomic E-state index is 0.0299. The van der Waals surface area contributed by atoms with Crippen molar-refractivity contribution in [3.63, 3.8) is 0 Å². The highest BCUT2D eigenvalue weighted by Gasteiger charge is 2.19. The predicted octanol–water partition coefficient (Wildman–Crippen LogP) is 2.82. The summed E-state index contributed by atoms with van der Waals surface area (Å²) in [6, 6.07) is 2.44. The number of rotatable bonds is 4. The lowest BCUT2D eigenvalue weighted by molar-refractivity contribution is 0.0973. The molecule has 0 atom stereocenters. The van der Waals surface area contributed by atoms with Gasteiger partial charge in [0, 0.05) is 32.3 Å². The number of ketones is 1. The largest absolute Gasteiger partial charge is 0.338 e. The molecule has 0 aliphatic rings. The second-order valence-electron chi connectivity index (χ2n) is 4.43. The van der Waals surface area contributed by atoms with E-state index in [1.54, 1.807) is 24.0 Å². The molecule has 2 aromatic rings. The minimum atomic E-state index is -0.812. The van der Waals surface area contributed by atoms with Crippen molar-refractivity contribution in [3.8, 4) is 0 Å². The molecule has 0 bridgehead atoms. The highest BCUT2D eigenvalue weighted by Crippen LogP contribution is 2.18. The van der Waals surface area contributed by atoms with Gasteiger partial charge in [0.05, 0.1) is 5.56 Å². The van der Waals surface area contributed by atoms with Gasteiger partial charge in [-0.05, 0) is 18.6 Å². The van der Waals surface area contributed by atoms with E-state index in [2.05, 4.69) is 4.98 Å². The molecule has 0 spiro atoms. The Balaban J connectivity index is 2.17. The quantitative estimate of drug-likeness (QED) is 0.796. The van der Waals surface area contributed by atoms with E-state index in [-0.39, 0.29) is 12.0 Å². The number of aryl methyl sites for hydroxylation is 3. The summed E-state index contributed by atoms with van der Waals surface area (Å²) in [6.07, 6.45) is 3.76. The lowest BCUT2D eigenvalue weighted by Gasteiger charge is -2.06. The summed E-state index contributed by atoms with van der Waals surface area (Å²) in [4.78, 5) is 16.0. The fourth-order valence-corrected chi connectivity index (χ4v) is 1.90. The van der Waals surface area contributed by atoms with E-state index < -0.39 is 23.0 Å². The number of carbonyl (C=O) groups is 1. The van der Waals surface area contributed by atoms with E-state index in [0.29, 0.717) is 12.2 Å². The molecular formula is C14H14F2N2O. The highest BCUT2D eigenvalue weighted by atomic mass is 19.1. The molecule has 1 aromatic carbocycles. The molecule has 100 valence electrons. The Morgan fingerprint density at radius 1 is 1.37 bits per heavy atom. The van der Waals surface area contributed by atoms with Crippen LogP contribution in [-0.4, -0.2) is 15.3 Å². The van der Waals surface area contributed by atoms with Crippen molar-refractivity contribution in [1.82, 2.24) is 9.55 Å². The number of halogens is 2. The third-order valence-corrected chi connectivity index (χ3v) is 3.06. The Labute approximate surface area is 109 Å². The van der Waals surface area contributed by atoms with Crippen LogP contribution < -0.4 is 0 Å². The lowest BCUT2D eigenvalue weighted by atomic mass is 10.0. The number of benzene rings is 1. The van der Waals surface area contributed by atoms with Crippen molar-refractivity contribution in [3.05, 3.63) is 53.1 Å². The van der Waals surface area contributed by atoms with Crippen LogP contribution in [0.25, 0.3) is 0 Å². The van der Waals surface area contributed by atoms with Gasteiger partial charge in [0.2, 0.25) is 0 Å². The molecule has 0 N–H and O–H groups in total. The van der Waals surface area contributed by atoms with Gasteiger partial charge in [-0.1, -0.05) is 6.07 Å². The summed E-state index contributed by atoms with van der Waals surface area (Å²) in [6.45, 7) is 1.50. The molecular weight excluding hydrogens is 250 g/mol. The van der Waals surface area contributed by atoms with Crippen LogP contribution in [0.1, 0.15) is 28.2 Å². The number of imidazole rings is 1. The molecule has 0 amide bonds. The summed E-state index contributed by atoms with van der Waals surface area (Å²) in [5.41, 5.74) is -0.184. The van der Waals surface area contributed by atoms with Crippen LogP contribution in [0.5, 0.6) is 0 Å². The third-order valence-electron chi connectivity index (χ3n) is 3.06. The predicted molar refractivity (Wildman–Crippen MR) is 67.0 cm³/mol. The molecule has 0 aliphatic carbocycles. The molecule has 3 nitrogen and oxygen atoms in total. The average Bonchev–Trinajstić information content (AvgIpc) is 2.77. The molecule has 0 saturated carbocycles. The zero-order valence-electron chi connectivity index (χ0n) is 10.8. The summed E-state index contributed by atoms with van der Waals surface area (Å²) >= 11 is 0. The number of hydrogen-bond donors (Lipinski definition) is 0. The maximum absolute atomic E-state index is 13.8. The van der Waals surface area contributed by atoms with Crippen LogP contribution in [-0.2, 0) is 13.5 Å². The molecule has 0 saturated heterocycles. The number of carbonyl (C=O) groups excluding carboxylic acids is 1. The maximum Gasteiger partial charge on any atom is 0.169 e. The van der Waals surface area contributed by atoms with Crippen molar-refractivity contribution < 1.29 is 13.6 Å². The lowest BCUT2D eigenvalue weighted by Crippen LogP contribution is -2.10. The molecule has 0 radical (unpaired) electrons. The first kappa shape index (κ1) is 13.4. The van der Waals surface area contributed by atoms with E-state index in [9.17, 15) is 13.6 Å². The van der Waals surface area contributed by atoms with Crippen molar-refractivity contribution >= 4 is 5.78 Å². The van der Waals surface area contributed by atoms with E-state index in [4.69, 9.17) is 0 Å². The van der Waals surface area contributed by atoms with Gasteiger partial charge in [-0.15, -0.1) is 0 Å². The van der Waals surface area contributed by atoms with Crippen molar-refractivity contribution in [2.45, 2.75) is 19.8 Å². The van der Waals surface area contributed by atoms with Gasteiger partial charge in [0.15, 0.2) is 5.78 Å². The Bertz CT molecular complexity index is 620. The molecule has 1 aromatic heterocycles. The number of aromatic nitrogens is 2. The zero-order chi connectivity index (χ0) is 14.0. The van der Waals surface area contributed by atoms with Gasteiger partial charge in [-0.2, -0.15) is 0 Å². The molecule has 19 heavy (non-hydrogen) atoms. The second-order valence-corrected chi connectivity index (χ2v) is 4.43. The Hall–Kier alpha value is -2.04. The van der Waals surface area contributed by atoms with Crippen LogP contribution in [0, 0.1) is 18.6 Å². The second kappa shape index (κ2) is 5.30. The Morgan fingerprint density at radius 3 is 2.74 bits per heavy atom. The topological polar surface area (TPSA) is 34.9 Å². The number of Topliss-reactive ketones (excluding diaryl/α,β-unsaturated/α-hetero) is 1. The van der Waals surface area contributed by atoms with Crippen LogP contribution in [0.15, 0.2) is 24.5 Å². The Morgan fingerprint density at radius 2 is 2.11 bits per heavy atom. The SMILES string of the molecule is Cc1ccc(F)c(C(=O)CCc2nccn2C)c1F. The molecule has 2 rings (SSSR count). The first-order chi connectivity index (χ1) is 9.00. The molecule has 0 fully saturated rings. The minimum Gasteiger partial charge on any atom is -0.338 e. The van der Waals surface area contributed by atoms with Gasteiger partial charge in [-0.3, -0.25) is 4.79 Å². The summed E-state index contributed by atoms with van der Waals surface area (Å²) in [7, 11) is 1.81. The smallest absolute Gasteiger partial charge is 0.169 e. The van der Waals surface area contributed by atoms with Gasteiger partial charge < -0.3 is 4.57 Å². The standard InChI is InChI=1S/C14H14F2N2O/c1-9-3-4-10(15)13(14(9)16)11(19)5-6-12-17-7-8-18(12)2/h3-4,7-8H,5-6H2,1-2H3. The average molecular weight is 264 g/mol. The monoisotopic (exact) mass is 264 g/mol. The molecule has 0 unspecified atom stereocenters. The van der Waals surface area contributed by atoms with Crippen LogP contribution in [0.2, 0.25) is 0 Å². The fourth-order valence-electron chi connectivity index (χ4n) is 1.90. The van der Waals surface area contributed by atoms with E-state index in [1.165, 1.54) is 13.0 Å². The highest BCUT2D eigenvalue weighted by molar-refractivity contribution is 5.96. The van der Waals surface area contributed by atoms with E-state index >= 15 is 0 Å². The number of hydrogen-bond acceptors (Lipinski definition) is 2.